The number of carbonyl (C=O) groups excluding carboxylic acids is 1. The van der Waals surface area contributed by atoms with Crippen LogP contribution in [0, 0.1) is 0 Å². The molecule has 1 aromatic carbocycles. The molecule has 4 rings (SSSR count). The third-order valence-corrected chi connectivity index (χ3v) is 5.30. The van der Waals surface area contributed by atoms with Gasteiger partial charge in [0.25, 0.3) is 5.56 Å². The van der Waals surface area contributed by atoms with Gasteiger partial charge in [-0.3, -0.25) is 18.7 Å². The van der Waals surface area contributed by atoms with Crippen molar-refractivity contribution in [1.82, 2.24) is 9.13 Å². The van der Waals surface area contributed by atoms with E-state index in [4.69, 9.17) is 4.74 Å². The zero-order valence-corrected chi connectivity index (χ0v) is 16.6. The molecule has 29 heavy (non-hydrogen) atoms. The Morgan fingerprint density at radius 1 is 1.10 bits per heavy atom. The standard InChI is InChI=1S/C21H24N4O4/c1-3-8-25-19-17(20(27)23(2)21(25)28)18(26)16(22-19)13-14-4-6-15(7-5-14)24-9-11-29-12-10-24/h4-7,13,22H,3,8-12H2,1-2H3/b16-13-. The number of benzene rings is 1. The predicted molar refractivity (Wildman–Crippen MR) is 112 cm³/mol. The van der Waals surface area contributed by atoms with Crippen molar-refractivity contribution >= 4 is 23.4 Å². The first-order chi connectivity index (χ1) is 14.0. The van der Waals surface area contributed by atoms with Crippen molar-refractivity contribution in [1.29, 1.82) is 0 Å². The Balaban J connectivity index is 1.66. The first-order valence-corrected chi connectivity index (χ1v) is 9.81. The Morgan fingerprint density at radius 2 is 1.79 bits per heavy atom. The number of aromatic nitrogens is 2. The lowest BCUT2D eigenvalue weighted by molar-refractivity contribution is 0.104. The number of hydrogen-bond donors (Lipinski definition) is 1. The molecule has 1 fully saturated rings. The molecular weight excluding hydrogens is 372 g/mol. The largest absolute Gasteiger partial charge is 0.378 e. The van der Waals surface area contributed by atoms with Crippen LogP contribution >= 0.6 is 0 Å². The lowest BCUT2D eigenvalue weighted by Crippen LogP contribution is -2.40. The van der Waals surface area contributed by atoms with Crippen LogP contribution in [0.5, 0.6) is 0 Å². The van der Waals surface area contributed by atoms with E-state index in [2.05, 4.69) is 10.2 Å². The monoisotopic (exact) mass is 396 g/mol. The van der Waals surface area contributed by atoms with Crippen molar-refractivity contribution in [3.63, 3.8) is 0 Å². The van der Waals surface area contributed by atoms with Crippen LogP contribution in [-0.2, 0) is 18.3 Å². The number of morpholine rings is 1. The minimum Gasteiger partial charge on any atom is -0.378 e. The number of Topliss-reactive ketones (excluding diaryl/α,β-unsaturated/α-hetero) is 1. The Hall–Kier alpha value is -3.13. The molecular formula is C21H24N4O4. The molecule has 2 aliphatic rings. The molecule has 0 bridgehead atoms. The predicted octanol–water partition coefficient (Wildman–Crippen LogP) is 1.44. The molecule has 3 heterocycles. The van der Waals surface area contributed by atoms with Crippen molar-refractivity contribution in [2.24, 2.45) is 7.05 Å². The molecule has 1 aromatic heterocycles. The fraction of sp³-hybridized carbons (Fsp3) is 0.381. The summed E-state index contributed by atoms with van der Waals surface area (Å²) in [5.41, 5.74) is 1.28. The summed E-state index contributed by atoms with van der Waals surface area (Å²) < 4.78 is 7.83. The van der Waals surface area contributed by atoms with Gasteiger partial charge in [0.1, 0.15) is 11.4 Å². The second-order valence-corrected chi connectivity index (χ2v) is 7.23. The van der Waals surface area contributed by atoms with Crippen LogP contribution in [0.25, 0.3) is 6.08 Å². The molecule has 0 aliphatic carbocycles. The summed E-state index contributed by atoms with van der Waals surface area (Å²) in [6.07, 6.45) is 2.42. The number of ether oxygens (including phenoxy) is 1. The average molecular weight is 396 g/mol. The molecule has 0 unspecified atom stereocenters. The van der Waals surface area contributed by atoms with E-state index in [1.165, 1.54) is 11.6 Å². The van der Waals surface area contributed by atoms with Gasteiger partial charge in [-0.25, -0.2) is 4.79 Å². The van der Waals surface area contributed by atoms with E-state index >= 15 is 0 Å². The van der Waals surface area contributed by atoms with Gasteiger partial charge in [-0.2, -0.15) is 0 Å². The van der Waals surface area contributed by atoms with Crippen molar-refractivity contribution < 1.29 is 9.53 Å². The first-order valence-electron chi connectivity index (χ1n) is 9.81. The highest BCUT2D eigenvalue weighted by Crippen LogP contribution is 2.26. The summed E-state index contributed by atoms with van der Waals surface area (Å²) in [7, 11) is 1.40. The van der Waals surface area contributed by atoms with Gasteiger partial charge in [0.05, 0.1) is 18.9 Å². The lowest BCUT2D eigenvalue weighted by Gasteiger charge is -2.28. The van der Waals surface area contributed by atoms with Crippen LogP contribution in [0.2, 0.25) is 0 Å². The number of hydrogen-bond acceptors (Lipinski definition) is 6. The van der Waals surface area contributed by atoms with E-state index in [1.54, 1.807) is 6.08 Å². The number of allylic oxidation sites excluding steroid dienone is 1. The van der Waals surface area contributed by atoms with E-state index in [1.807, 2.05) is 31.2 Å². The lowest BCUT2D eigenvalue weighted by atomic mass is 10.1. The number of carbonyl (C=O) groups is 1. The normalized spacial score (nSPS) is 17.5. The smallest absolute Gasteiger partial charge is 0.332 e. The number of nitrogens with one attached hydrogen (secondary N) is 1. The molecule has 152 valence electrons. The molecule has 2 aliphatic heterocycles. The van der Waals surface area contributed by atoms with Crippen molar-refractivity contribution in [3.05, 3.63) is 61.9 Å². The van der Waals surface area contributed by atoms with Gasteiger partial charge in [-0.05, 0) is 30.2 Å². The third kappa shape index (κ3) is 3.40. The minimum atomic E-state index is -0.569. The molecule has 2 aromatic rings. The van der Waals surface area contributed by atoms with Crippen molar-refractivity contribution in [2.75, 3.05) is 36.5 Å². The molecule has 0 amide bonds. The van der Waals surface area contributed by atoms with Crippen LogP contribution in [0.4, 0.5) is 11.5 Å². The second kappa shape index (κ2) is 7.71. The maximum Gasteiger partial charge on any atom is 0.332 e. The van der Waals surface area contributed by atoms with Crippen molar-refractivity contribution in [2.45, 2.75) is 19.9 Å². The zero-order chi connectivity index (χ0) is 20.5. The van der Waals surface area contributed by atoms with E-state index in [-0.39, 0.29) is 11.3 Å². The van der Waals surface area contributed by atoms with Crippen LogP contribution in [0.1, 0.15) is 29.3 Å². The summed E-state index contributed by atoms with van der Waals surface area (Å²) in [6.45, 7) is 5.51. The van der Waals surface area contributed by atoms with E-state index < -0.39 is 11.2 Å². The van der Waals surface area contributed by atoms with Crippen LogP contribution < -0.4 is 21.5 Å². The zero-order valence-electron chi connectivity index (χ0n) is 16.6. The Morgan fingerprint density at radius 3 is 2.45 bits per heavy atom. The maximum absolute atomic E-state index is 12.9. The topological polar surface area (TPSA) is 85.6 Å². The summed E-state index contributed by atoms with van der Waals surface area (Å²) in [4.78, 5) is 40.1. The molecule has 1 saturated heterocycles. The van der Waals surface area contributed by atoms with E-state index in [0.29, 0.717) is 24.5 Å². The molecule has 8 heteroatoms. The Kier molecular flexibility index (Phi) is 5.10. The Bertz CT molecular complexity index is 1090. The van der Waals surface area contributed by atoms with Gasteiger partial charge in [-0.1, -0.05) is 19.1 Å². The quantitative estimate of drug-likeness (QED) is 0.788. The highest BCUT2D eigenvalue weighted by Gasteiger charge is 2.32. The fourth-order valence-electron chi connectivity index (χ4n) is 3.72. The minimum absolute atomic E-state index is 0.0248. The third-order valence-electron chi connectivity index (χ3n) is 5.30. The van der Waals surface area contributed by atoms with E-state index in [0.717, 1.165) is 42.1 Å². The van der Waals surface area contributed by atoms with Gasteiger partial charge >= 0.3 is 5.69 Å². The number of ketones is 1. The fourth-order valence-corrected chi connectivity index (χ4v) is 3.72. The number of fused-ring (bicyclic) bond motifs is 1. The van der Waals surface area contributed by atoms with Gasteiger partial charge in [0, 0.05) is 32.4 Å². The summed E-state index contributed by atoms with van der Waals surface area (Å²) in [5.74, 6) is -0.0937. The summed E-state index contributed by atoms with van der Waals surface area (Å²) in [5, 5.41) is 3.01. The van der Waals surface area contributed by atoms with E-state index in [9.17, 15) is 14.4 Å². The molecule has 0 saturated carbocycles. The molecule has 0 spiro atoms. The number of nitrogens with zero attached hydrogens (tertiary/aromatic N) is 3. The SMILES string of the molecule is CCCn1c2c(c(=O)n(C)c1=O)C(=O)/C(=C/c1ccc(N3CCOCC3)cc1)N2. The van der Waals surface area contributed by atoms with Gasteiger partial charge in [0.15, 0.2) is 0 Å². The van der Waals surface area contributed by atoms with Gasteiger partial charge in [-0.15, -0.1) is 0 Å². The molecule has 0 radical (unpaired) electrons. The number of rotatable bonds is 4. The second-order valence-electron chi connectivity index (χ2n) is 7.23. The molecule has 1 N–H and O–H groups in total. The van der Waals surface area contributed by atoms with Gasteiger partial charge in [0.2, 0.25) is 5.78 Å². The summed E-state index contributed by atoms with van der Waals surface area (Å²) in [6, 6.07) is 7.90. The number of anilines is 2. The first kappa shape index (κ1) is 19.2. The average Bonchev–Trinajstić information content (AvgIpc) is 3.07. The van der Waals surface area contributed by atoms with Crippen LogP contribution in [-0.4, -0.2) is 41.2 Å². The van der Waals surface area contributed by atoms with Crippen LogP contribution in [0.3, 0.4) is 0 Å². The maximum atomic E-state index is 12.9. The summed E-state index contributed by atoms with van der Waals surface area (Å²) >= 11 is 0. The highest BCUT2D eigenvalue weighted by atomic mass is 16.5. The van der Waals surface area contributed by atoms with Crippen molar-refractivity contribution in [3.8, 4) is 0 Å². The molecule has 8 nitrogen and oxygen atoms in total. The molecule has 0 atom stereocenters. The Labute approximate surface area is 168 Å². The van der Waals surface area contributed by atoms with Crippen LogP contribution in [0.15, 0.2) is 39.6 Å². The van der Waals surface area contributed by atoms with Gasteiger partial charge < -0.3 is 15.0 Å². The highest BCUT2D eigenvalue weighted by molar-refractivity contribution is 6.19.